The first-order valence-corrected chi connectivity index (χ1v) is 9.13. The summed E-state index contributed by atoms with van der Waals surface area (Å²) in [6.07, 6.45) is -0.842. The lowest BCUT2D eigenvalue weighted by molar-refractivity contribution is -0.385. The van der Waals surface area contributed by atoms with E-state index in [1.807, 2.05) is 0 Å². The molecule has 1 aromatic carbocycles. The second-order valence-corrected chi connectivity index (χ2v) is 7.80. The van der Waals surface area contributed by atoms with Crippen molar-refractivity contribution in [2.24, 2.45) is 0 Å². The third-order valence-corrected chi connectivity index (χ3v) is 5.27. The number of amides is 2. The van der Waals surface area contributed by atoms with E-state index in [9.17, 15) is 29.2 Å². The van der Waals surface area contributed by atoms with Gasteiger partial charge in [0.15, 0.2) is 0 Å². The molecular weight excluding hydrogens is 385 g/mol. The molecule has 3 rings (SSSR count). The number of benzene rings is 1. The van der Waals surface area contributed by atoms with Gasteiger partial charge in [-0.15, -0.1) is 0 Å². The summed E-state index contributed by atoms with van der Waals surface area (Å²) in [6.45, 7) is 2.63. The number of nitro benzene ring substituents is 1. The fourth-order valence-electron chi connectivity index (χ4n) is 3.47. The van der Waals surface area contributed by atoms with Crippen molar-refractivity contribution in [2.45, 2.75) is 38.6 Å². The molecule has 2 amide bonds. The summed E-state index contributed by atoms with van der Waals surface area (Å²) >= 11 is 0. The van der Waals surface area contributed by atoms with Crippen molar-refractivity contribution in [1.29, 1.82) is 0 Å². The molecule has 2 aliphatic heterocycles. The van der Waals surface area contributed by atoms with Crippen LogP contribution in [0.2, 0.25) is 0 Å². The highest BCUT2D eigenvalue weighted by Crippen LogP contribution is 2.36. The molecule has 0 spiro atoms. The van der Waals surface area contributed by atoms with Gasteiger partial charge in [-0.05, 0) is 37.5 Å². The predicted molar refractivity (Wildman–Crippen MR) is 101 cm³/mol. The van der Waals surface area contributed by atoms with E-state index in [0.29, 0.717) is 11.1 Å². The van der Waals surface area contributed by atoms with Gasteiger partial charge in [0.1, 0.15) is 6.17 Å². The van der Waals surface area contributed by atoms with Crippen molar-refractivity contribution < 1.29 is 29.1 Å². The Balaban J connectivity index is 1.92. The molecule has 1 unspecified atom stereocenters. The molecule has 9 nitrogen and oxygen atoms in total. The smallest absolute Gasteiger partial charge is 0.407 e. The molecule has 2 aliphatic rings. The summed E-state index contributed by atoms with van der Waals surface area (Å²) in [7, 11) is 0. The fourth-order valence-corrected chi connectivity index (χ4v) is 3.47. The van der Waals surface area contributed by atoms with Crippen LogP contribution in [0.25, 0.3) is 5.57 Å². The van der Waals surface area contributed by atoms with Crippen molar-refractivity contribution in [3.8, 4) is 0 Å². The topological polar surface area (TPSA) is 124 Å². The van der Waals surface area contributed by atoms with E-state index in [2.05, 4.69) is 0 Å². The Morgan fingerprint density at radius 2 is 2.07 bits per heavy atom. The zero-order valence-electron chi connectivity index (χ0n) is 16.1. The summed E-state index contributed by atoms with van der Waals surface area (Å²) in [5.74, 6) is -0.452. The van der Waals surface area contributed by atoms with E-state index in [4.69, 9.17) is 5.11 Å². The third kappa shape index (κ3) is 4.07. The van der Waals surface area contributed by atoms with E-state index < -0.39 is 28.7 Å². The first-order chi connectivity index (χ1) is 13.5. The zero-order chi connectivity index (χ0) is 21.5. The number of aliphatic hydroxyl groups is 1. The van der Waals surface area contributed by atoms with Gasteiger partial charge in [0, 0.05) is 31.3 Å². The summed E-state index contributed by atoms with van der Waals surface area (Å²) in [4.78, 5) is 37.2. The molecule has 0 fully saturated rings. The van der Waals surface area contributed by atoms with E-state index in [1.54, 1.807) is 6.08 Å². The number of nitrogens with zero attached hydrogens (tertiary/aromatic N) is 3. The molecule has 2 heterocycles. The van der Waals surface area contributed by atoms with Gasteiger partial charge in [-0.1, -0.05) is 6.08 Å². The van der Waals surface area contributed by atoms with Crippen molar-refractivity contribution in [3.63, 3.8) is 0 Å². The van der Waals surface area contributed by atoms with Gasteiger partial charge in [0.05, 0.1) is 22.6 Å². The average Bonchev–Trinajstić information content (AvgIpc) is 2.95. The number of nitro groups is 1. The molecule has 0 saturated heterocycles. The van der Waals surface area contributed by atoms with Gasteiger partial charge >= 0.3 is 6.09 Å². The lowest BCUT2D eigenvalue weighted by Gasteiger charge is -2.26. The maximum absolute atomic E-state index is 14.2. The van der Waals surface area contributed by atoms with E-state index in [0.717, 1.165) is 0 Å². The Kier molecular flexibility index (Phi) is 5.31. The number of hydrogen-bond acceptors (Lipinski definition) is 5. The first-order valence-electron chi connectivity index (χ1n) is 9.13. The number of carbonyl (C=O) groups is 2. The lowest BCUT2D eigenvalue weighted by atomic mass is 9.94. The van der Waals surface area contributed by atoms with Gasteiger partial charge < -0.3 is 20.0 Å². The highest BCUT2D eigenvalue weighted by Gasteiger charge is 2.36. The minimum absolute atomic E-state index is 0.0254. The van der Waals surface area contributed by atoms with Crippen LogP contribution < -0.4 is 0 Å². The highest BCUT2D eigenvalue weighted by atomic mass is 19.1. The normalized spacial score (nSPS) is 17.8. The Morgan fingerprint density at radius 1 is 1.38 bits per heavy atom. The molecule has 0 aromatic heterocycles. The predicted octanol–water partition coefficient (Wildman–Crippen LogP) is 2.43. The van der Waals surface area contributed by atoms with Crippen molar-refractivity contribution in [2.75, 3.05) is 19.6 Å². The molecule has 29 heavy (non-hydrogen) atoms. The van der Waals surface area contributed by atoms with E-state index in [1.165, 1.54) is 35.8 Å². The largest absolute Gasteiger partial charge is 0.465 e. The van der Waals surface area contributed by atoms with Crippen molar-refractivity contribution in [1.82, 2.24) is 9.80 Å². The molecule has 0 aliphatic carbocycles. The van der Waals surface area contributed by atoms with Gasteiger partial charge in [0.25, 0.3) is 11.6 Å². The van der Waals surface area contributed by atoms with Crippen molar-refractivity contribution >= 4 is 23.3 Å². The van der Waals surface area contributed by atoms with Crippen LogP contribution in [0.4, 0.5) is 14.9 Å². The van der Waals surface area contributed by atoms with E-state index >= 15 is 0 Å². The maximum atomic E-state index is 14.2. The third-order valence-electron chi connectivity index (χ3n) is 5.27. The minimum Gasteiger partial charge on any atom is -0.465 e. The van der Waals surface area contributed by atoms with Gasteiger partial charge in [-0.2, -0.15) is 0 Å². The van der Waals surface area contributed by atoms with Crippen LogP contribution in [-0.4, -0.2) is 68.3 Å². The minimum atomic E-state index is -1.67. The summed E-state index contributed by atoms with van der Waals surface area (Å²) in [5.41, 5.74) is -0.231. The summed E-state index contributed by atoms with van der Waals surface area (Å²) in [6, 6.07) is 2.76. The lowest BCUT2D eigenvalue weighted by Crippen LogP contribution is -2.42. The van der Waals surface area contributed by atoms with Crippen LogP contribution in [-0.2, 0) is 6.54 Å². The highest BCUT2D eigenvalue weighted by molar-refractivity contribution is 6.00. The van der Waals surface area contributed by atoms with Crippen LogP contribution in [0, 0.1) is 10.1 Å². The molecule has 2 N–H and O–H groups in total. The molecule has 0 bridgehead atoms. The average molecular weight is 407 g/mol. The maximum Gasteiger partial charge on any atom is 0.407 e. The van der Waals surface area contributed by atoms with Gasteiger partial charge in [-0.25, -0.2) is 9.18 Å². The zero-order valence-corrected chi connectivity index (χ0v) is 16.1. The molecular formula is C19H22FN3O6. The molecule has 1 aromatic rings. The monoisotopic (exact) mass is 407 g/mol. The molecule has 0 radical (unpaired) electrons. The first kappa shape index (κ1) is 20.7. The van der Waals surface area contributed by atoms with Gasteiger partial charge in [0.2, 0.25) is 0 Å². The van der Waals surface area contributed by atoms with Crippen LogP contribution >= 0.6 is 0 Å². The Labute approximate surface area is 166 Å². The fraction of sp³-hybridized carbons (Fsp3) is 0.474. The number of hydrogen-bond donors (Lipinski definition) is 2. The number of alkyl halides is 1. The number of fused-ring (bicyclic) bond motifs is 1. The number of carboxylic acid groups (broad SMARTS) is 1. The summed E-state index contributed by atoms with van der Waals surface area (Å²) < 4.78 is 14.2. The second kappa shape index (κ2) is 7.43. The number of carbonyl (C=O) groups excluding carboxylic acids is 1. The molecule has 10 heteroatoms. The molecule has 0 saturated carbocycles. The Bertz CT molecular complexity index is 908. The van der Waals surface area contributed by atoms with Crippen molar-refractivity contribution in [3.05, 3.63) is 45.0 Å². The standard InChI is InChI=1S/C19H22FN3O6/c1-19(2,27)16(20)10-22-9-12-7-15(23(28)29)13(8-14(12)17(22)24)11-3-5-21(6-4-11)18(25)26/h3,7-8,16,27H,4-6,9-10H2,1-2H3,(H,25,26). The van der Waals surface area contributed by atoms with E-state index in [-0.39, 0.29) is 49.4 Å². The quantitative estimate of drug-likeness (QED) is 0.571. The number of halogens is 1. The summed E-state index contributed by atoms with van der Waals surface area (Å²) in [5, 5.41) is 30.4. The van der Waals surface area contributed by atoms with Gasteiger partial charge in [-0.3, -0.25) is 14.9 Å². The van der Waals surface area contributed by atoms with Crippen LogP contribution in [0.5, 0.6) is 0 Å². The second-order valence-electron chi connectivity index (χ2n) is 7.80. The van der Waals surface area contributed by atoms with Crippen LogP contribution in [0.15, 0.2) is 18.2 Å². The number of rotatable bonds is 5. The Hall–Kier alpha value is -3.01. The SMILES string of the molecule is CC(C)(O)C(F)CN1Cc2cc([N+](=O)[O-])c(C3=CCN(C(=O)O)CC3)cc2C1=O. The van der Waals surface area contributed by atoms with Crippen LogP contribution in [0.1, 0.15) is 41.8 Å². The Morgan fingerprint density at radius 3 is 2.59 bits per heavy atom. The molecule has 1 atom stereocenters. The van der Waals surface area contributed by atoms with Crippen LogP contribution in [0.3, 0.4) is 0 Å². The molecule has 156 valence electrons.